The SMILES string of the molecule is CS(=O)(=O)c1ccccc1C1C=CC2NC=C(C(=O)NC3=CCNC=C3)N2N1. The van der Waals surface area contributed by atoms with Crippen LogP contribution in [0.15, 0.2) is 77.3 Å². The number of sulfone groups is 1. The fraction of sp³-hybridized carbons (Fsp3) is 0.211. The number of carbonyl (C=O) groups excluding carboxylic acids is 1. The molecule has 0 radical (unpaired) electrons. The summed E-state index contributed by atoms with van der Waals surface area (Å²) in [7, 11) is -3.38. The van der Waals surface area contributed by atoms with Gasteiger partial charge in [0.2, 0.25) is 0 Å². The first-order chi connectivity index (χ1) is 13.4. The molecule has 1 amide bonds. The van der Waals surface area contributed by atoms with Gasteiger partial charge in [-0.2, -0.15) is 0 Å². The molecule has 0 spiro atoms. The Labute approximate surface area is 163 Å². The van der Waals surface area contributed by atoms with E-state index in [1.807, 2.05) is 18.2 Å². The number of dihydropyridines is 1. The quantitative estimate of drug-likeness (QED) is 0.544. The summed E-state index contributed by atoms with van der Waals surface area (Å²) in [5, 5.41) is 10.7. The predicted molar refractivity (Wildman–Crippen MR) is 105 cm³/mol. The molecular weight excluding hydrogens is 378 g/mol. The summed E-state index contributed by atoms with van der Waals surface area (Å²) < 4.78 is 24.3. The molecule has 2 atom stereocenters. The smallest absolute Gasteiger partial charge is 0.274 e. The lowest BCUT2D eigenvalue weighted by molar-refractivity contribution is -0.118. The van der Waals surface area contributed by atoms with Gasteiger partial charge in [-0.25, -0.2) is 13.8 Å². The summed E-state index contributed by atoms with van der Waals surface area (Å²) in [4.78, 5) is 13.0. The number of hydrogen-bond donors (Lipinski definition) is 4. The molecule has 0 saturated heterocycles. The molecular formula is C19H21N5O3S. The van der Waals surface area contributed by atoms with Crippen LogP contribution in [0.5, 0.6) is 0 Å². The van der Waals surface area contributed by atoms with Crippen LogP contribution < -0.4 is 21.4 Å². The lowest BCUT2D eigenvalue weighted by Crippen LogP contribution is -2.51. The summed E-state index contributed by atoms with van der Waals surface area (Å²) in [6.07, 6.45) is 11.9. The molecule has 8 nitrogen and oxygen atoms in total. The van der Waals surface area contributed by atoms with E-state index in [0.29, 0.717) is 17.8 Å². The Kier molecular flexibility index (Phi) is 4.70. The lowest BCUT2D eigenvalue weighted by atomic mass is 10.1. The van der Waals surface area contributed by atoms with Crippen molar-refractivity contribution in [3.05, 3.63) is 77.9 Å². The first-order valence-corrected chi connectivity index (χ1v) is 10.7. The van der Waals surface area contributed by atoms with E-state index < -0.39 is 9.84 Å². The second-order valence-corrected chi connectivity index (χ2v) is 8.65. The van der Waals surface area contributed by atoms with E-state index in [1.165, 1.54) is 6.26 Å². The minimum Gasteiger partial charge on any atom is -0.387 e. The van der Waals surface area contributed by atoms with Gasteiger partial charge in [-0.05, 0) is 36.1 Å². The number of nitrogens with zero attached hydrogens (tertiary/aromatic N) is 1. The fourth-order valence-corrected chi connectivity index (χ4v) is 4.27. The van der Waals surface area contributed by atoms with Gasteiger partial charge in [-0.15, -0.1) is 0 Å². The van der Waals surface area contributed by atoms with E-state index in [2.05, 4.69) is 21.4 Å². The first kappa shape index (κ1) is 18.3. The highest BCUT2D eigenvalue weighted by atomic mass is 32.2. The average Bonchev–Trinajstić information content (AvgIpc) is 3.11. The minimum atomic E-state index is -3.38. The molecule has 4 N–H and O–H groups in total. The van der Waals surface area contributed by atoms with Gasteiger partial charge in [-0.1, -0.05) is 24.3 Å². The van der Waals surface area contributed by atoms with Gasteiger partial charge in [0.25, 0.3) is 5.91 Å². The monoisotopic (exact) mass is 399 g/mol. The van der Waals surface area contributed by atoms with E-state index in [4.69, 9.17) is 0 Å². The Morgan fingerprint density at radius 1 is 1.25 bits per heavy atom. The topological polar surface area (TPSA) is 103 Å². The lowest BCUT2D eigenvalue weighted by Gasteiger charge is -2.35. The first-order valence-electron chi connectivity index (χ1n) is 8.84. The number of amides is 1. The van der Waals surface area contributed by atoms with Crippen molar-refractivity contribution < 1.29 is 13.2 Å². The number of benzene rings is 1. The normalized spacial score (nSPS) is 23.2. The van der Waals surface area contributed by atoms with Gasteiger partial charge in [0.15, 0.2) is 9.84 Å². The Morgan fingerprint density at radius 3 is 2.82 bits per heavy atom. The standard InChI is InChI=1S/C19H21N5O3S/c1-28(26,27)17-5-3-2-4-14(17)15-6-7-18-21-12-16(24(18)23-15)19(25)22-13-8-10-20-11-9-13/h2-10,12,15,18,20-21,23H,11H2,1H3,(H,22,25). The van der Waals surface area contributed by atoms with E-state index in [0.717, 1.165) is 5.70 Å². The molecule has 0 aromatic heterocycles. The van der Waals surface area contributed by atoms with Gasteiger partial charge in [0.05, 0.1) is 10.9 Å². The van der Waals surface area contributed by atoms with Crippen molar-refractivity contribution in [2.45, 2.75) is 17.1 Å². The van der Waals surface area contributed by atoms with Crippen molar-refractivity contribution in [3.63, 3.8) is 0 Å². The van der Waals surface area contributed by atoms with Crippen LogP contribution >= 0.6 is 0 Å². The molecule has 0 saturated carbocycles. The zero-order valence-corrected chi connectivity index (χ0v) is 16.0. The summed E-state index contributed by atoms with van der Waals surface area (Å²) in [5.74, 6) is -0.259. The van der Waals surface area contributed by atoms with Gasteiger partial charge >= 0.3 is 0 Å². The highest BCUT2D eigenvalue weighted by Crippen LogP contribution is 2.29. The van der Waals surface area contributed by atoms with Crippen LogP contribution in [0.1, 0.15) is 11.6 Å². The zero-order valence-electron chi connectivity index (χ0n) is 15.2. The van der Waals surface area contributed by atoms with Gasteiger partial charge in [0, 0.05) is 24.7 Å². The largest absolute Gasteiger partial charge is 0.387 e. The van der Waals surface area contributed by atoms with Crippen molar-refractivity contribution in [2.24, 2.45) is 0 Å². The molecule has 9 heteroatoms. The second kappa shape index (κ2) is 7.17. The van der Waals surface area contributed by atoms with Crippen LogP contribution in [0.25, 0.3) is 0 Å². The number of nitrogens with one attached hydrogen (secondary N) is 4. The maximum absolute atomic E-state index is 12.7. The third-order valence-electron chi connectivity index (χ3n) is 4.66. The molecule has 0 bridgehead atoms. The highest BCUT2D eigenvalue weighted by molar-refractivity contribution is 7.90. The van der Waals surface area contributed by atoms with Crippen LogP contribution in [0.3, 0.4) is 0 Å². The third-order valence-corrected chi connectivity index (χ3v) is 5.83. The van der Waals surface area contributed by atoms with Crippen molar-refractivity contribution in [1.82, 2.24) is 26.4 Å². The number of carbonyl (C=O) groups is 1. The summed E-state index contributed by atoms with van der Waals surface area (Å²) in [6, 6.07) is 6.49. The molecule has 4 rings (SSSR count). The molecule has 2 unspecified atom stereocenters. The molecule has 3 aliphatic heterocycles. The fourth-order valence-electron chi connectivity index (χ4n) is 3.32. The minimum absolute atomic E-state index is 0.222. The molecule has 1 aromatic rings. The molecule has 146 valence electrons. The number of hydrogen-bond acceptors (Lipinski definition) is 7. The van der Waals surface area contributed by atoms with Gasteiger partial charge < -0.3 is 16.0 Å². The number of allylic oxidation sites excluding steroid dienone is 1. The van der Waals surface area contributed by atoms with Crippen molar-refractivity contribution >= 4 is 15.7 Å². The van der Waals surface area contributed by atoms with Crippen LogP contribution in [-0.4, -0.2) is 38.3 Å². The Bertz CT molecular complexity index is 1030. The molecule has 0 aliphatic carbocycles. The van der Waals surface area contributed by atoms with Gasteiger partial charge in [0.1, 0.15) is 11.9 Å². The van der Waals surface area contributed by atoms with E-state index in [-0.39, 0.29) is 23.0 Å². The maximum atomic E-state index is 12.7. The third kappa shape index (κ3) is 3.54. The average molecular weight is 399 g/mol. The number of fused-ring (bicyclic) bond motifs is 1. The molecule has 28 heavy (non-hydrogen) atoms. The Balaban J connectivity index is 1.56. The van der Waals surface area contributed by atoms with E-state index in [9.17, 15) is 13.2 Å². The summed E-state index contributed by atoms with van der Waals surface area (Å²) in [6.45, 7) is 0.654. The Morgan fingerprint density at radius 2 is 2.07 bits per heavy atom. The number of rotatable bonds is 4. The van der Waals surface area contributed by atoms with Crippen molar-refractivity contribution in [1.29, 1.82) is 0 Å². The van der Waals surface area contributed by atoms with Crippen molar-refractivity contribution in [3.8, 4) is 0 Å². The van der Waals surface area contributed by atoms with Gasteiger partial charge in [-0.3, -0.25) is 9.80 Å². The van der Waals surface area contributed by atoms with Crippen LogP contribution in [0.4, 0.5) is 0 Å². The highest BCUT2D eigenvalue weighted by Gasteiger charge is 2.34. The second-order valence-electron chi connectivity index (χ2n) is 6.67. The Hall–Kier alpha value is -3.04. The summed E-state index contributed by atoms with van der Waals surface area (Å²) in [5.41, 5.74) is 5.03. The van der Waals surface area contributed by atoms with Crippen molar-refractivity contribution in [2.75, 3.05) is 12.8 Å². The predicted octanol–water partition coefficient (Wildman–Crippen LogP) is 0.395. The zero-order chi connectivity index (χ0) is 19.7. The number of hydrazine groups is 1. The molecule has 3 heterocycles. The maximum Gasteiger partial charge on any atom is 0.274 e. The summed E-state index contributed by atoms with van der Waals surface area (Å²) >= 11 is 0. The van der Waals surface area contributed by atoms with E-state index >= 15 is 0 Å². The van der Waals surface area contributed by atoms with Crippen LogP contribution in [0, 0.1) is 0 Å². The van der Waals surface area contributed by atoms with Crippen LogP contribution in [-0.2, 0) is 14.6 Å². The molecule has 0 fully saturated rings. The molecule has 1 aromatic carbocycles. The van der Waals surface area contributed by atoms with E-state index in [1.54, 1.807) is 47.8 Å². The molecule has 3 aliphatic rings. The van der Waals surface area contributed by atoms with Crippen LogP contribution in [0.2, 0.25) is 0 Å².